The minimum atomic E-state index is -1.30. The summed E-state index contributed by atoms with van der Waals surface area (Å²) in [5.41, 5.74) is -1.30. The fraction of sp³-hybridized carbons (Fsp3) is 0.706. The summed E-state index contributed by atoms with van der Waals surface area (Å²) in [5, 5.41) is 12.1. The molecular formula is C17H26N2O5. The van der Waals surface area contributed by atoms with Crippen LogP contribution in [-0.4, -0.2) is 60.6 Å². The summed E-state index contributed by atoms with van der Waals surface area (Å²) in [6.07, 6.45) is 6.66. The van der Waals surface area contributed by atoms with E-state index in [9.17, 15) is 19.5 Å². The first-order valence-electron chi connectivity index (χ1n) is 8.49. The lowest BCUT2D eigenvalue weighted by Gasteiger charge is -2.38. The second kappa shape index (κ2) is 8.28. The van der Waals surface area contributed by atoms with Crippen molar-refractivity contribution >= 4 is 17.8 Å². The van der Waals surface area contributed by atoms with Gasteiger partial charge in [0.1, 0.15) is 5.41 Å². The highest BCUT2D eigenvalue weighted by molar-refractivity contribution is 6.02. The third-order valence-corrected chi connectivity index (χ3v) is 4.88. The molecule has 0 bridgehead atoms. The molecule has 134 valence electrons. The SMILES string of the molecule is CNC(=O)CCOC1CCN(C(=O)C2(C(=O)O)CC=CCC2)CC1. The van der Waals surface area contributed by atoms with E-state index in [1.54, 1.807) is 18.0 Å². The Labute approximate surface area is 142 Å². The van der Waals surface area contributed by atoms with Crippen molar-refractivity contribution in [2.45, 2.75) is 44.6 Å². The number of rotatable bonds is 6. The summed E-state index contributed by atoms with van der Waals surface area (Å²) in [6, 6.07) is 0. The van der Waals surface area contributed by atoms with Crippen LogP contribution >= 0.6 is 0 Å². The number of nitrogens with one attached hydrogen (secondary N) is 1. The zero-order valence-corrected chi connectivity index (χ0v) is 14.1. The number of hydrogen-bond acceptors (Lipinski definition) is 4. The number of allylic oxidation sites excluding steroid dienone is 2. The van der Waals surface area contributed by atoms with Crippen LogP contribution in [-0.2, 0) is 19.1 Å². The molecule has 2 rings (SSSR count). The third-order valence-electron chi connectivity index (χ3n) is 4.88. The molecule has 2 N–H and O–H groups in total. The first-order chi connectivity index (χ1) is 11.5. The zero-order valence-electron chi connectivity index (χ0n) is 14.1. The van der Waals surface area contributed by atoms with Gasteiger partial charge in [-0.15, -0.1) is 0 Å². The maximum Gasteiger partial charge on any atom is 0.319 e. The van der Waals surface area contributed by atoms with Crippen molar-refractivity contribution in [2.24, 2.45) is 5.41 Å². The molecule has 2 aliphatic rings. The van der Waals surface area contributed by atoms with Crippen LogP contribution in [0.1, 0.15) is 38.5 Å². The second-order valence-electron chi connectivity index (χ2n) is 6.39. The molecule has 0 aromatic rings. The van der Waals surface area contributed by atoms with E-state index >= 15 is 0 Å². The van der Waals surface area contributed by atoms with E-state index in [0.29, 0.717) is 51.8 Å². The summed E-state index contributed by atoms with van der Waals surface area (Å²) in [7, 11) is 1.59. The summed E-state index contributed by atoms with van der Waals surface area (Å²) in [6.45, 7) is 1.37. The van der Waals surface area contributed by atoms with Crippen molar-refractivity contribution < 1.29 is 24.2 Å². The van der Waals surface area contributed by atoms with Gasteiger partial charge in [0.05, 0.1) is 12.7 Å². The van der Waals surface area contributed by atoms with E-state index in [-0.39, 0.29) is 24.3 Å². The third kappa shape index (κ3) is 4.14. The Balaban J connectivity index is 1.85. The number of carboxylic acid groups (broad SMARTS) is 1. The topological polar surface area (TPSA) is 95.9 Å². The standard InChI is InChI=1S/C17H26N2O5/c1-18-14(20)7-12-24-13-5-10-19(11-6-13)15(21)17(16(22)23)8-3-2-4-9-17/h2-3,13H,4-12H2,1H3,(H,18,20)(H,22,23). The van der Waals surface area contributed by atoms with Gasteiger partial charge in [0.2, 0.25) is 11.8 Å². The van der Waals surface area contributed by atoms with Crippen LogP contribution in [0, 0.1) is 5.41 Å². The van der Waals surface area contributed by atoms with Gasteiger partial charge in [-0.2, -0.15) is 0 Å². The lowest BCUT2D eigenvalue weighted by atomic mass is 9.75. The van der Waals surface area contributed by atoms with Gasteiger partial charge in [0.15, 0.2) is 0 Å². The summed E-state index contributed by atoms with van der Waals surface area (Å²) < 4.78 is 5.68. The first-order valence-corrected chi connectivity index (χ1v) is 8.49. The Hall–Kier alpha value is -1.89. The van der Waals surface area contributed by atoms with E-state index in [0.717, 1.165) is 0 Å². The minimum absolute atomic E-state index is 0.0192. The lowest BCUT2D eigenvalue weighted by molar-refractivity contribution is -0.162. The summed E-state index contributed by atoms with van der Waals surface area (Å²) in [5.74, 6) is -1.36. The average Bonchev–Trinajstić information content (AvgIpc) is 2.62. The summed E-state index contributed by atoms with van der Waals surface area (Å²) in [4.78, 5) is 37.3. The van der Waals surface area contributed by atoms with Gasteiger partial charge < -0.3 is 20.1 Å². The van der Waals surface area contributed by atoms with Crippen LogP contribution in [0.5, 0.6) is 0 Å². The Morgan fingerprint density at radius 1 is 1.29 bits per heavy atom. The molecule has 1 saturated heterocycles. The van der Waals surface area contributed by atoms with Gasteiger partial charge in [0, 0.05) is 26.6 Å². The molecule has 2 amide bonds. The molecular weight excluding hydrogens is 312 g/mol. The molecule has 0 radical (unpaired) electrons. The normalized spacial score (nSPS) is 24.6. The average molecular weight is 338 g/mol. The highest BCUT2D eigenvalue weighted by Gasteiger charge is 2.48. The van der Waals surface area contributed by atoms with Crippen molar-refractivity contribution in [1.29, 1.82) is 0 Å². The van der Waals surface area contributed by atoms with Crippen molar-refractivity contribution in [3.63, 3.8) is 0 Å². The van der Waals surface area contributed by atoms with Gasteiger partial charge in [-0.25, -0.2) is 0 Å². The van der Waals surface area contributed by atoms with E-state index in [2.05, 4.69) is 5.32 Å². The molecule has 0 spiro atoms. The van der Waals surface area contributed by atoms with E-state index in [1.807, 2.05) is 6.08 Å². The number of nitrogens with zero attached hydrogens (tertiary/aromatic N) is 1. The minimum Gasteiger partial charge on any atom is -0.480 e. The molecule has 7 heteroatoms. The van der Waals surface area contributed by atoms with Crippen LogP contribution in [0.4, 0.5) is 0 Å². The fourth-order valence-corrected chi connectivity index (χ4v) is 3.29. The van der Waals surface area contributed by atoms with E-state index < -0.39 is 11.4 Å². The van der Waals surface area contributed by atoms with Crippen molar-refractivity contribution in [3.05, 3.63) is 12.2 Å². The molecule has 1 aliphatic heterocycles. The number of carboxylic acids is 1. The van der Waals surface area contributed by atoms with Crippen LogP contribution in [0.3, 0.4) is 0 Å². The van der Waals surface area contributed by atoms with Gasteiger partial charge in [-0.3, -0.25) is 14.4 Å². The van der Waals surface area contributed by atoms with Crippen LogP contribution in [0.2, 0.25) is 0 Å². The fourth-order valence-electron chi connectivity index (χ4n) is 3.29. The first kappa shape index (κ1) is 18.4. The Kier molecular flexibility index (Phi) is 6.36. The molecule has 0 aromatic carbocycles. The Morgan fingerprint density at radius 2 is 2.00 bits per heavy atom. The number of ether oxygens (including phenoxy) is 1. The highest BCUT2D eigenvalue weighted by atomic mass is 16.5. The van der Waals surface area contributed by atoms with Crippen LogP contribution < -0.4 is 5.32 Å². The van der Waals surface area contributed by atoms with E-state index in [4.69, 9.17) is 4.74 Å². The molecule has 1 unspecified atom stereocenters. The van der Waals surface area contributed by atoms with Gasteiger partial charge in [-0.1, -0.05) is 12.2 Å². The maximum atomic E-state index is 12.8. The monoisotopic (exact) mass is 338 g/mol. The van der Waals surface area contributed by atoms with Gasteiger partial charge in [0.25, 0.3) is 0 Å². The molecule has 1 fully saturated rings. The van der Waals surface area contributed by atoms with Crippen LogP contribution in [0.15, 0.2) is 12.2 Å². The van der Waals surface area contributed by atoms with Gasteiger partial charge >= 0.3 is 5.97 Å². The number of likely N-dealkylation sites (tertiary alicyclic amines) is 1. The van der Waals surface area contributed by atoms with Crippen LogP contribution in [0.25, 0.3) is 0 Å². The zero-order chi connectivity index (χ0) is 17.6. The highest BCUT2D eigenvalue weighted by Crippen LogP contribution is 2.36. The number of piperidine rings is 1. The maximum absolute atomic E-state index is 12.8. The van der Waals surface area contributed by atoms with Gasteiger partial charge in [-0.05, 0) is 32.1 Å². The van der Waals surface area contributed by atoms with Crippen molar-refractivity contribution in [2.75, 3.05) is 26.7 Å². The molecule has 0 aromatic heterocycles. The summed E-state index contributed by atoms with van der Waals surface area (Å²) >= 11 is 0. The van der Waals surface area contributed by atoms with Crippen molar-refractivity contribution in [1.82, 2.24) is 10.2 Å². The molecule has 0 saturated carbocycles. The second-order valence-corrected chi connectivity index (χ2v) is 6.39. The molecule has 1 aliphatic carbocycles. The quantitative estimate of drug-likeness (QED) is 0.555. The largest absolute Gasteiger partial charge is 0.480 e. The number of amides is 2. The number of carbonyl (C=O) groups excluding carboxylic acids is 2. The predicted octanol–water partition coefficient (Wildman–Crippen LogP) is 0.941. The number of aliphatic carboxylic acids is 1. The Bertz CT molecular complexity index is 511. The van der Waals surface area contributed by atoms with E-state index in [1.165, 1.54) is 0 Å². The number of carbonyl (C=O) groups is 3. The smallest absolute Gasteiger partial charge is 0.319 e. The Morgan fingerprint density at radius 3 is 2.54 bits per heavy atom. The lowest BCUT2D eigenvalue weighted by Crippen LogP contribution is -2.52. The number of hydrogen-bond donors (Lipinski definition) is 2. The molecule has 1 atom stereocenters. The van der Waals surface area contributed by atoms with Crippen molar-refractivity contribution in [3.8, 4) is 0 Å². The molecule has 1 heterocycles. The molecule has 24 heavy (non-hydrogen) atoms. The predicted molar refractivity (Wildman–Crippen MR) is 87.3 cm³/mol. The molecule has 7 nitrogen and oxygen atoms in total.